The number of amides is 1. The highest BCUT2D eigenvalue weighted by Gasteiger charge is 2.46. The molecule has 1 aliphatic heterocycles. The number of carbonyl (C=O) groups is 1. The molecule has 1 saturated heterocycles. The maximum atomic E-state index is 12.1. The zero-order chi connectivity index (χ0) is 17.6. The fourth-order valence-electron chi connectivity index (χ4n) is 2.84. The molecular weight excluding hydrogens is 344 g/mol. The quantitative estimate of drug-likeness (QED) is 0.850. The third-order valence-electron chi connectivity index (χ3n) is 4.55. The van der Waals surface area contributed by atoms with Crippen LogP contribution >= 0.6 is 0 Å². The van der Waals surface area contributed by atoms with Crippen LogP contribution in [0.5, 0.6) is 0 Å². The van der Waals surface area contributed by atoms with Gasteiger partial charge >= 0.3 is 0 Å². The molecule has 0 radical (unpaired) electrons. The maximum Gasteiger partial charge on any atom is 0.251 e. The van der Waals surface area contributed by atoms with E-state index in [4.69, 9.17) is 4.52 Å². The SMILES string of the molecule is CNC(=O)c1cccc(-c2noc(C3CN(S(=O)(=O)C4CC4)C3)n2)c1. The van der Waals surface area contributed by atoms with Crippen LogP contribution in [0.4, 0.5) is 0 Å². The monoisotopic (exact) mass is 362 g/mol. The molecule has 2 fully saturated rings. The van der Waals surface area contributed by atoms with Gasteiger partial charge < -0.3 is 9.84 Å². The van der Waals surface area contributed by atoms with E-state index in [1.165, 1.54) is 4.31 Å². The summed E-state index contributed by atoms with van der Waals surface area (Å²) in [4.78, 5) is 16.1. The summed E-state index contributed by atoms with van der Waals surface area (Å²) in [5, 5.41) is 6.34. The Labute approximate surface area is 145 Å². The first-order valence-corrected chi connectivity index (χ1v) is 9.64. The number of nitrogens with zero attached hydrogens (tertiary/aromatic N) is 3. The Bertz CT molecular complexity index is 914. The minimum atomic E-state index is -3.13. The summed E-state index contributed by atoms with van der Waals surface area (Å²) in [7, 11) is -1.57. The average Bonchev–Trinajstić information content (AvgIpc) is 3.33. The lowest BCUT2D eigenvalue weighted by Gasteiger charge is -2.35. The van der Waals surface area contributed by atoms with Crippen LogP contribution in [0.25, 0.3) is 11.4 Å². The summed E-state index contributed by atoms with van der Waals surface area (Å²) in [6, 6.07) is 6.95. The van der Waals surface area contributed by atoms with Crippen molar-refractivity contribution in [2.24, 2.45) is 0 Å². The van der Waals surface area contributed by atoms with Crippen LogP contribution in [0.2, 0.25) is 0 Å². The second-order valence-corrected chi connectivity index (χ2v) is 8.59. The number of aromatic nitrogens is 2. The minimum absolute atomic E-state index is 0.0723. The van der Waals surface area contributed by atoms with Crippen molar-refractivity contribution < 1.29 is 17.7 Å². The molecule has 1 saturated carbocycles. The molecule has 2 heterocycles. The van der Waals surface area contributed by atoms with Gasteiger partial charge in [0.2, 0.25) is 21.7 Å². The van der Waals surface area contributed by atoms with Gasteiger partial charge in [-0.3, -0.25) is 4.79 Å². The summed E-state index contributed by atoms with van der Waals surface area (Å²) in [6.45, 7) is 0.775. The highest BCUT2D eigenvalue weighted by atomic mass is 32.2. The molecule has 4 rings (SSSR count). The van der Waals surface area contributed by atoms with Crippen molar-refractivity contribution in [2.75, 3.05) is 20.1 Å². The Kier molecular flexibility index (Phi) is 3.84. The van der Waals surface area contributed by atoms with Crippen LogP contribution in [-0.2, 0) is 10.0 Å². The summed E-state index contributed by atoms with van der Waals surface area (Å²) >= 11 is 0. The zero-order valence-electron chi connectivity index (χ0n) is 13.7. The van der Waals surface area contributed by atoms with E-state index in [9.17, 15) is 13.2 Å². The molecule has 0 atom stereocenters. The van der Waals surface area contributed by atoms with Gasteiger partial charge in [0, 0.05) is 31.3 Å². The maximum absolute atomic E-state index is 12.1. The molecule has 1 aromatic carbocycles. The highest BCUT2D eigenvalue weighted by molar-refractivity contribution is 7.90. The Morgan fingerprint density at radius 1 is 1.32 bits per heavy atom. The topological polar surface area (TPSA) is 105 Å². The van der Waals surface area contributed by atoms with E-state index < -0.39 is 10.0 Å². The molecule has 132 valence electrons. The normalized spacial score (nSPS) is 18.8. The molecule has 1 N–H and O–H groups in total. The lowest BCUT2D eigenvalue weighted by atomic mass is 10.0. The van der Waals surface area contributed by atoms with Gasteiger partial charge in [-0.2, -0.15) is 9.29 Å². The van der Waals surface area contributed by atoms with Crippen molar-refractivity contribution in [1.29, 1.82) is 0 Å². The molecule has 0 spiro atoms. The van der Waals surface area contributed by atoms with E-state index in [0.717, 1.165) is 12.8 Å². The van der Waals surface area contributed by atoms with Crippen LogP contribution in [0.15, 0.2) is 28.8 Å². The number of benzene rings is 1. The third-order valence-corrected chi connectivity index (χ3v) is 6.89. The number of nitrogens with one attached hydrogen (secondary N) is 1. The molecule has 1 aliphatic carbocycles. The number of rotatable bonds is 5. The van der Waals surface area contributed by atoms with E-state index in [1.54, 1.807) is 31.3 Å². The van der Waals surface area contributed by atoms with E-state index in [1.807, 2.05) is 0 Å². The number of hydrogen-bond donors (Lipinski definition) is 1. The van der Waals surface area contributed by atoms with Gasteiger partial charge in [-0.05, 0) is 25.0 Å². The zero-order valence-corrected chi connectivity index (χ0v) is 14.5. The summed E-state index contributed by atoms with van der Waals surface area (Å²) < 4.78 is 31.1. The molecular formula is C16H18N4O4S. The average molecular weight is 362 g/mol. The Morgan fingerprint density at radius 3 is 2.76 bits per heavy atom. The molecule has 1 aromatic heterocycles. The van der Waals surface area contributed by atoms with Crippen LogP contribution in [0.3, 0.4) is 0 Å². The predicted molar refractivity (Wildman–Crippen MR) is 89.4 cm³/mol. The molecule has 0 bridgehead atoms. The lowest BCUT2D eigenvalue weighted by Crippen LogP contribution is -2.49. The van der Waals surface area contributed by atoms with Gasteiger partial charge in [-0.25, -0.2) is 8.42 Å². The largest absolute Gasteiger partial charge is 0.355 e. The van der Waals surface area contributed by atoms with Crippen LogP contribution in [0.1, 0.15) is 35.0 Å². The molecule has 2 aliphatic rings. The summed E-state index contributed by atoms with van der Waals surface area (Å²) in [5.74, 6) is 0.564. The minimum Gasteiger partial charge on any atom is -0.355 e. The Morgan fingerprint density at radius 2 is 2.08 bits per heavy atom. The van der Waals surface area contributed by atoms with Crippen molar-refractivity contribution in [1.82, 2.24) is 19.8 Å². The van der Waals surface area contributed by atoms with Gasteiger partial charge in [0.05, 0.1) is 11.2 Å². The number of carbonyl (C=O) groups excluding carboxylic acids is 1. The van der Waals surface area contributed by atoms with E-state index >= 15 is 0 Å². The smallest absolute Gasteiger partial charge is 0.251 e. The fraction of sp³-hybridized carbons (Fsp3) is 0.438. The van der Waals surface area contributed by atoms with Crippen LogP contribution < -0.4 is 5.32 Å². The van der Waals surface area contributed by atoms with Gasteiger partial charge in [-0.1, -0.05) is 17.3 Å². The van der Waals surface area contributed by atoms with Crippen molar-refractivity contribution in [2.45, 2.75) is 24.0 Å². The second kappa shape index (κ2) is 5.92. The lowest BCUT2D eigenvalue weighted by molar-refractivity contribution is 0.0963. The number of hydrogen-bond acceptors (Lipinski definition) is 6. The van der Waals surface area contributed by atoms with Crippen molar-refractivity contribution in [3.05, 3.63) is 35.7 Å². The fourth-order valence-corrected chi connectivity index (χ4v) is 4.77. The van der Waals surface area contributed by atoms with Crippen molar-refractivity contribution in [3.63, 3.8) is 0 Å². The molecule has 1 amide bonds. The Hall–Kier alpha value is -2.26. The number of sulfonamides is 1. The highest BCUT2D eigenvalue weighted by Crippen LogP contribution is 2.37. The van der Waals surface area contributed by atoms with Gasteiger partial charge in [-0.15, -0.1) is 0 Å². The first kappa shape index (κ1) is 16.2. The van der Waals surface area contributed by atoms with E-state index in [2.05, 4.69) is 15.5 Å². The van der Waals surface area contributed by atoms with Crippen molar-refractivity contribution in [3.8, 4) is 11.4 Å². The van der Waals surface area contributed by atoms with E-state index in [-0.39, 0.29) is 17.1 Å². The molecule has 9 heteroatoms. The Balaban J connectivity index is 1.47. The summed E-state index contributed by atoms with van der Waals surface area (Å²) in [6.07, 6.45) is 1.52. The van der Waals surface area contributed by atoms with Crippen molar-refractivity contribution >= 4 is 15.9 Å². The standard InChI is InChI=1S/C16H18N4O4S/c1-17-15(21)11-4-2-3-10(7-11)14-18-16(24-19-14)12-8-20(9-12)25(22,23)13-5-6-13/h2-4,7,12-13H,5-6,8-9H2,1H3,(H,17,21). The van der Waals surface area contributed by atoms with Gasteiger partial charge in [0.1, 0.15) is 0 Å². The molecule has 0 unspecified atom stereocenters. The molecule has 8 nitrogen and oxygen atoms in total. The predicted octanol–water partition coefficient (Wildman–Crippen LogP) is 0.988. The van der Waals surface area contributed by atoms with Gasteiger partial charge in [0.25, 0.3) is 5.91 Å². The van der Waals surface area contributed by atoms with Gasteiger partial charge in [0.15, 0.2) is 0 Å². The van der Waals surface area contributed by atoms with Crippen LogP contribution in [-0.4, -0.2) is 54.2 Å². The molecule has 25 heavy (non-hydrogen) atoms. The third kappa shape index (κ3) is 2.93. The van der Waals surface area contributed by atoms with Crippen LogP contribution in [0, 0.1) is 0 Å². The first-order chi connectivity index (χ1) is 12.0. The molecule has 2 aromatic rings. The van der Waals surface area contributed by atoms with E-state index in [0.29, 0.717) is 35.9 Å². The summed E-state index contributed by atoms with van der Waals surface area (Å²) in [5.41, 5.74) is 1.19. The first-order valence-electron chi connectivity index (χ1n) is 8.14. The second-order valence-electron chi connectivity index (χ2n) is 6.37.